The Kier molecular flexibility index (Phi) is 3.19. The molecule has 0 spiro atoms. The minimum atomic E-state index is -0.651. The molecule has 3 nitrogen and oxygen atoms in total. The quantitative estimate of drug-likeness (QED) is 0.830. The smallest absolute Gasteiger partial charge is 0.156 e. The van der Waals surface area contributed by atoms with Crippen molar-refractivity contribution in [1.29, 1.82) is 0 Å². The zero-order valence-corrected chi connectivity index (χ0v) is 11.6. The van der Waals surface area contributed by atoms with E-state index in [1.807, 2.05) is 6.07 Å². The van der Waals surface area contributed by atoms with Gasteiger partial charge in [-0.1, -0.05) is 15.9 Å². The van der Waals surface area contributed by atoms with Gasteiger partial charge < -0.3 is 10.2 Å². The highest BCUT2D eigenvalue weighted by Crippen LogP contribution is 2.36. The van der Waals surface area contributed by atoms with Crippen molar-refractivity contribution < 1.29 is 10.2 Å². The Morgan fingerprint density at radius 1 is 1.25 bits per heavy atom. The lowest BCUT2D eigenvalue weighted by Crippen LogP contribution is -1.95. The van der Waals surface area contributed by atoms with Crippen molar-refractivity contribution in [3.63, 3.8) is 0 Å². The van der Waals surface area contributed by atoms with E-state index in [-0.39, 0.29) is 5.75 Å². The van der Waals surface area contributed by atoms with Gasteiger partial charge in [-0.15, -0.1) is 0 Å². The van der Waals surface area contributed by atoms with Crippen molar-refractivity contribution in [2.75, 3.05) is 0 Å². The predicted molar refractivity (Wildman–Crippen MR) is 69.4 cm³/mol. The minimum Gasteiger partial charge on any atom is -0.505 e. The highest BCUT2D eigenvalue weighted by Gasteiger charge is 2.12. The number of halogens is 2. The monoisotopic (exact) mass is 345 g/mol. The SMILES string of the molecule is CC(O)c1ccc2c(Br)cc(Br)c(O)c2n1. The maximum Gasteiger partial charge on any atom is 0.156 e. The number of benzene rings is 1. The Hall–Kier alpha value is -0.650. The first kappa shape index (κ1) is 11.8. The molecule has 0 radical (unpaired) electrons. The van der Waals surface area contributed by atoms with E-state index in [0.717, 1.165) is 9.86 Å². The van der Waals surface area contributed by atoms with Crippen LogP contribution in [0, 0.1) is 0 Å². The molecule has 2 N–H and O–H groups in total. The van der Waals surface area contributed by atoms with E-state index in [2.05, 4.69) is 36.8 Å². The highest BCUT2D eigenvalue weighted by atomic mass is 79.9. The van der Waals surface area contributed by atoms with Crippen molar-refractivity contribution in [3.05, 3.63) is 32.8 Å². The largest absolute Gasteiger partial charge is 0.505 e. The summed E-state index contributed by atoms with van der Waals surface area (Å²) in [5, 5.41) is 20.1. The molecule has 0 aliphatic rings. The van der Waals surface area contributed by atoms with Gasteiger partial charge in [0.1, 0.15) is 5.52 Å². The second-order valence-electron chi connectivity index (χ2n) is 3.50. The van der Waals surface area contributed by atoms with Crippen LogP contribution >= 0.6 is 31.9 Å². The Morgan fingerprint density at radius 3 is 2.56 bits per heavy atom. The van der Waals surface area contributed by atoms with Crippen molar-refractivity contribution >= 4 is 42.8 Å². The van der Waals surface area contributed by atoms with Crippen LogP contribution in [0.5, 0.6) is 5.75 Å². The van der Waals surface area contributed by atoms with Crippen LogP contribution in [0.15, 0.2) is 27.1 Å². The van der Waals surface area contributed by atoms with Crippen LogP contribution in [0.25, 0.3) is 10.9 Å². The number of phenolic OH excluding ortho intramolecular Hbond substituents is 1. The lowest BCUT2D eigenvalue weighted by molar-refractivity contribution is 0.194. The molecular formula is C11H9Br2NO2. The number of aliphatic hydroxyl groups excluding tert-OH is 1. The summed E-state index contributed by atoms with van der Waals surface area (Å²) in [6.45, 7) is 1.64. The second kappa shape index (κ2) is 4.31. The number of hydrogen-bond acceptors (Lipinski definition) is 3. The summed E-state index contributed by atoms with van der Waals surface area (Å²) in [6, 6.07) is 5.33. The van der Waals surface area contributed by atoms with E-state index in [9.17, 15) is 10.2 Å². The maximum atomic E-state index is 9.88. The molecule has 2 rings (SSSR count). The predicted octanol–water partition coefficient (Wildman–Crippen LogP) is 3.52. The molecule has 0 bridgehead atoms. The number of fused-ring (bicyclic) bond motifs is 1. The Labute approximate surface area is 109 Å². The molecule has 2 aromatic rings. The first-order valence-corrected chi connectivity index (χ1v) is 6.25. The third-order valence-electron chi connectivity index (χ3n) is 2.31. The number of aromatic hydroxyl groups is 1. The molecule has 1 aromatic carbocycles. The maximum absolute atomic E-state index is 9.88. The summed E-state index contributed by atoms with van der Waals surface area (Å²) >= 11 is 6.65. The molecule has 0 amide bonds. The summed E-state index contributed by atoms with van der Waals surface area (Å²) in [5.74, 6) is 0.0840. The molecule has 1 heterocycles. The molecule has 0 saturated heterocycles. The zero-order valence-electron chi connectivity index (χ0n) is 8.41. The van der Waals surface area contributed by atoms with Gasteiger partial charge in [0.2, 0.25) is 0 Å². The Morgan fingerprint density at radius 2 is 1.94 bits per heavy atom. The van der Waals surface area contributed by atoms with Gasteiger partial charge in [0.25, 0.3) is 0 Å². The molecule has 84 valence electrons. The zero-order chi connectivity index (χ0) is 11.9. The molecule has 0 aliphatic carbocycles. The van der Waals surface area contributed by atoms with E-state index < -0.39 is 6.10 Å². The summed E-state index contributed by atoms with van der Waals surface area (Å²) in [5.41, 5.74) is 1.01. The molecule has 1 atom stereocenters. The topological polar surface area (TPSA) is 53.4 Å². The van der Waals surface area contributed by atoms with Crippen molar-refractivity contribution in [2.45, 2.75) is 13.0 Å². The van der Waals surface area contributed by atoms with Gasteiger partial charge >= 0.3 is 0 Å². The van der Waals surface area contributed by atoms with Crippen LogP contribution in [0.3, 0.4) is 0 Å². The third kappa shape index (κ3) is 1.95. The van der Waals surface area contributed by atoms with Gasteiger partial charge in [0, 0.05) is 9.86 Å². The van der Waals surface area contributed by atoms with E-state index in [1.54, 1.807) is 19.1 Å². The van der Waals surface area contributed by atoms with E-state index in [4.69, 9.17) is 0 Å². The molecule has 0 aliphatic heterocycles. The van der Waals surface area contributed by atoms with E-state index in [0.29, 0.717) is 15.7 Å². The van der Waals surface area contributed by atoms with Crippen LogP contribution in [-0.2, 0) is 0 Å². The fourth-order valence-electron chi connectivity index (χ4n) is 1.45. The lowest BCUT2D eigenvalue weighted by Gasteiger charge is -2.09. The number of pyridine rings is 1. The summed E-state index contributed by atoms with van der Waals surface area (Å²) in [4.78, 5) is 4.24. The average Bonchev–Trinajstić information content (AvgIpc) is 2.25. The summed E-state index contributed by atoms with van der Waals surface area (Å²) < 4.78 is 1.42. The van der Waals surface area contributed by atoms with Crippen LogP contribution in [0.2, 0.25) is 0 Å². The first-order valence-electron chi connectivity index (χ1n) is 4.66. The van der Waals surface area contributed by atoms with Crippen molar-refractivity contribution in [2.24, 2.45) is 0 Å². The number of aliphatic hydroxyl groups is 1. The first-order chi connectivity index (χ1) is 7.50. The molecule has 0 fully saturated rings. The minimum absolute atomic E-state index is 0.0840. The lowest BCUT2D eigenvalue weighted by atomic mass is 10.1. The van der Waals surface area contributed by atoms with Crippen LogP contribution in [0.4, 0.5) is 0 Å². The number of rotatable bonds is 1. The van der Waals surface area contributed by atoms with Crippen molar-refractivity contribution in [3.8, 4) is 5.75 Å². The molecule has 1 aromatic heterocycles. The fraction of sp³-hybridized carbons (Fsp3) is 0.182. The highest BCUT2D eigenvalue weighted by molar-refractivity contribution is 9.11. The number of aromatic nitrogens is 1. The van der Waals surface area contributed by atoms with Crippen LogP contribution < -0.4 is 0 Å². The second-order valence-corrected chi connectivity index (χ2v) is 5.21. The molecule has 0 saturated carbocycles. The molecule has 1 unspecified atom stereocenters. The van der Waals surface area contributed by atoms with E-state index in [1.165, 1.54) is 0 Å². The Balaban J connectivity index is 2.81. The van der Waals surface area contributed by atoms with Crippen molar-refractivity contribution in [1.82, 2.24) is 4.98 Å². The normalized spacial score (nSPS) is 13.0. The van der Waals surface area contributed by atoms with Gasteiger partial charge in [-0.3, -0.25) is 0 Å². The van der Waals surface area contributed by atoms with Gasteiger partial charge in [0.05, 0.1) is 16.3 Å². The third-order valence-corrected chi connectivity index (χ3v) is 3.57. The average molecular weight is 347 g/mol. The van der Waals surface area contributed by atoms with Crippen LogP contribution in [0.1, 0.15) is 18.7 Å². The number of nitrogens with zero attached hydrogens (tertiary/aromatic N) is 1. The summed E-state index contributed by atoms with van der Waals surface area (Å²) in [7, 11) is 0. The summed E-state index contributed by atoms with van der Waals surface area (Å²) in [6.07, 6.45) is -0.651. The van der Waals surface area contributed by atoms with Gasteiger partial charge in [-0.05, 0) is 41.1 Å². The Bertz CT molecular complexity index is 555. The fourth-order valence-corrected chi connectivity index (χ4v) is 2.72. The van der Waals surface area contributed by atoms with Gasteiger partial charge in [-0.2, -0.15) is 0 Å². The molecule has 5 heteroatoms. The van der Waals surface area contributed by atoms with E-state index >= 15 is 0 Å². The van der Waals surface area contributed by atoms with Crippen LogP contribution in [-0.4, -0.2) is 15.2 Å². The number of hydrogen-bond donors (Lipinski definition) is 2. The number of phenols is 1. The standard InChI is InChI=1S/C11H9Br2NO2/c1-5(15)9-3-2-6-7(12)4-8(13)11(16)10(6)14-9/h2-5,15-16H,1H3. The van der Waals surface area contributed by atoms with Gasteiger partial charge in [0.15, 0.2) is 5.75 Å². The molecular weight excluding hydrogens is 338 g/mol. The molecule has 16 heavy (non-hydrogen) atoms. The van der Waals surface area contributed by atoms with Gasteiger partial charge in [-0.25, -0.2) is 4.98 Å².